The van der Waals surface area contributed by atoms with Gasteiger partial charge in [-0.3, -0.25) is 0 Å². The van der Waals surface area contributed by atoms with Crippen molar-refractivity contribution in [3.8, 4) is 5.75 Å². The number of piperidine rings is 1. The minimum Gasteiger partial charge on any atom is -0.494 e. The maximum atomic E-state index is 5.07. The fourth-order valence-electron chi connectivity index (χ4n) is 2.23. The van der Waals surface area contributed by atoms with Crippen molar-refractivity contribution in [1.29, 1.82) is 0 Å². The molecule has 1 aromatic rings. The van der Waals surface area contributed by atoms with Crippen LogP contribution < -0.4 is 15.0 Å². The third-order valence-electron chi connectivity index (χ3n) is 3.16. The monoisotopic (exact) mass is 236 g/mol. The first-order valence-corrected chi connectivity index (χ1v) is 6.18. The van der Waals surface area contributed by atoms with Gasteiger partial charge in [-0.2, -0.15) is 0 Å². The lowest BCUT2D eigenvalue weighted by atomic mass is 10.1. The molecule has 1 aliphatic rings. The minimum absolute atomic E-state index is 0.502. The van der Waals surface area contributed by atoms with Crippen LogP contribution in [0.2, 0.25) is 0 Å². The molecule has 0 aliphatic carbocycles. The van der Waals surface area contributed by atoms with Crippen molar-refractivity contribution in [2.45, 2.75) is 25.8 Å². The molecule has 1 aromatic heterocycles. The van der Waals surface area contributed by atoms with E-state index >= 15 is 0 Å². The number of likely N-dealkylation sites (N-methyl/N-ethyl adjacent to an activating group) is 1. The van der Waals surface area contributed by atoms with Crippen molar-refractivity contribution >= 4 is 5.95 Å². The Bertz CT molecular complexity index is 335. The summed E-state index contributed by atoms with van der Waals surface area (Å²) in [5.74, 6) is 1.49. The van der Waals surface area contributed by atoms with E-state index in [0.717, 1.165) is 25.6 Å². The predicted molar refractivity (Wildman–Crippen MR) is 67.5 cm³/mol. The van der Waals surface area contributed by atoms with E-state index in [2.05, 4.69) is 27.1 Å². The Kier molecular flexibility index (Phi) is 4.14. The number of ether oxygens (including phenoxy) is 1. The molecule has 2 heterocycles. The summed E-state index contributed by atoms with van der Waals surface area (Å²) in [5, 5.41) is 3.42. The van der Waals surface area contributed by atoms with Crippen molar-refractivity contribution < 1.29 is 4.74 Å². The fraction of sp³-hybridized carbons (Fsp3) is 0.667. The second-order valence-corrected chi connectivity index (χ2v) is 4.21. The zero-order valence-corrected chi connectivity index (χ0v) is 10.5. The van der Waals surface area contributed by atoms with Gasteiger partial charge in [-0.25, -0.2) is 9.97 Å². The predicted octanol–water partition coefficient (Wildman–Crippen LogP) is 1.06. The fourth-order valence-corrected chi connectivity index (χ4v) is 2.23. The SMILES string of the molecule is CCN(c1ncc(OC)cn1)C1CCCNC1. The van der Waals surface area contributed by atoms with E-state index in [1.807, 2.05) is 0 Å². The van der Waals surface area contributed by atoms with Crippen LogP contribution in [0, 0.1) is 0 Å². The van der Waals surface area contributed by atoms with Gasteiger partial charge in [0, 0.05) is 19.1 Å². The summed E-state index contributed by atoms with van der Waals surface area (Å²) in [4.78, 5) is 11.0. The van der Waals surface area contributed by atoms with Crippen molar-refractivity contribution in [3.05, 3.63) is 12.4 Å². The van der Waals surface area contributed by atoms with Gasteiger partial charge in [0.15, 0.2) is 5.75 Å². The first-order chi connectivity index (χ1) is 8.35. The summed E-state index contributed by atoms with van der Waals surface area (Å²) < 4.78 is 5.07. The summed E-state index contributed by atoms with van der Waals surface area (Å²) in [6.45, 7) is 5.21. The van der Waals surface area contributed by atoms with Crippen LogP contribution in [-0.2, 0) is 0 Å². The van der Waals surface area contributed by atoms with Gasteiger partial charge in [-0.1, -0.05) is 0 Å². The van der Waals surface area contributed by atoms with Crippen molar-refractivity contribution in [2.24, 2.45) is 0 Å². The van der Waals surface area contributed by atoms with Crippen LogP contribution in [0.1, 0.15) is 19.8 Å². The lowest BCUT2D eigenvalue weighted by Gasteiger charge is -2.33. The Morgan fingerprint density at radius 1 is 1.47 bits per heavy atom. The average Bonchev–Trinajstić information content (AvgIpc) is 2.42. The lowest BCUT2D eigenvalue weighted by molar-refractivity contribution is 0.408. The van der Waals surface area contributed by atoms with Crippen LogP contribution in [0.25, 0.3) is 0 Å². The van der Waals surface area contributed by atoms with Crippen LogP contribution in [-0.4, -0.2) is 42.8 Å². The van der Waals surface area contributed by atoms with Gasteiger partial charge in [0.1, 0.15) is 0 Å². The van der Waals surface area contributed by atoms with Crippen LogP contribution >= 0.6 is 0 Å². The van der Waals surface area contributed by atoms with Gasteiger partial charge in [0.25, 0.3) is 0 Å². The Labute approximate surface area is 102 Å². The molecule has 1 unspecified atom stereocenters. The zero-order valence-electron chi connectivity index (χ0n) is 10.5. The Morgan fingerprint density at radius 2 is 2.24 bits per heavy atom. The zero-order chi connectivity index (χ0) is 12.1. The van der Waals surface area contributed by atoms with Crippen molar-refractivity contribution in [3.63, 3.8) is 0 Å². The molecule has 0 aromatic carbocycles. The van der Waals surface area contributed by atoms with Crippen LogP contribution in [0.15, 0.2) is 12.4 Å². The number of rotatable bonds is 4. The van der Waals surface area contributed by atoms with Gasteiger partial charge in [0.05, 0.1) is 19.5 Å². The van der Waals surface area contributed by atoms with E-state index in [9.17, 15) is 0 Å². The molecular formula is C12H20N4O. The van der Waals surface area contributed by atoms with Crippen molar-refractivity contribution in [2.75, 3.05) is 31.6 Å². The Balaban J connectivity index is 2.10. The molecule has 0 bridgehead atoms. The van der Waals surface area contributed by atoms with Gasteiger partial charge in [0.2, 0.25) is 5.95 Å². The average molecular weight is 236 g/mol. The van der Waals surface area contributed by atoms with Gasteiger partial charge in [-0.15, -0.1) is 0 Å². The highest BCUT2D eigenvalue weighted by Crippen LogP contribution is 2.17. The summed E-state index contributed by atoms with van der Waals surface area (Å²) in [7, 11) is 1.63. The second-order valence-electron chi connectivity index (χ2n) is 4.21. The van der Waals surface area contributed by atoms with Gasteiger partial charge >= 0.3 is 0 Å². The van der Waals surface area contributed by atoms with E-state index in [-0.39, 0.29) is 0 Å². The second kappa shape index (κ2) is 5.82. The molecule has 5 nitrogen and oxygen atoms in total. The van der Waals surface area contributed by atoms with Crippen LogP contribution in [0.5, 0.6) is 5.75 Å². The lowest BCUT2D eigenvalue weighted by Crippen LogP contribution is -2.46. The molecule has 1 aliphatic heterocycles. The Hall–Kier alpha value is -1.36. The number of methoxy groups -OCH3 is 1. The highest BCUT2D eigenvalue weighted by molar-refractivity contribution is 5.33. The molecule has 0 radical (unpaired) electrons. The molecule has 0 spiro atoms. The molecule has 0 saturated carbocycles. The van der Waals surface area contributed by atoms with E-state index in [4.69, 9.17) is 4.74 Å². The number of anilines is 1. The molecule has 94 valence electrons. The van der Waals surface area contributed by atoms with E-state index in [0.29, 0.717) is 11.8 Å². The van der Waals surface area contributed by atoms with Crippen LogP contribution in [0.4, 0.5) is 5.95 Å². The highest BCUT2D eigenvalue weighted by Gasteiger charge is 2.21. The quantitative estimate of drug-likeness (QED) is 0.847. The minimum atomic E-state index is 0.502. The Morgan fingerprint density at radius 3 is 2.76 bits per heavy atom. The number of hydrogen-bond donors (Lipinski definition) is 1. The number of nitrogens with zero attached hydrogens (tertiary/aromatic N) is 3. The topological polar surface area (TPSA) is 50.3 Å². The highest BCUT2D eigenvalue weighted by atomic mass is 16.5. The molecule has 1 atom stereocenters. The third kappa shape index (κ3) is 2.85. The smallest absolute Gasteiger partial charge is 0.225 e. The summed E-state index contributed by atoms with van der Waals surface area (Å²) in [6, 6.07) is 0.502. The van der Waals surface area contributed by atoms with Crippen LogP contribution in [0.3, 0.4) is 0 Å². The first-order valence-electron chi connectivity index (χ1n) is 6.18. The molecule has 1 fully saturated rings. The summed E-state index contributed by atoms with van der Waals surface area (Å²) >= 11 is 0. The molecule has 17 heavy (non-hydrogen) atoms. The molecule has 5 heteroatoms. The maximum Gasteiger partial charge on any atom is 0.225 e. The van der Waals surface area contributed by atoms with E-state index in [1.54, 1.807) is 19.5 Å². The molecule has 1 saturated heterocycles. The normalized spacial score (nSPS) is 20.0. The van der Waals surface area contributed by atoms with Crippen molar-refractivity contribution in [1.82, 2.24) is 15.3 Å². The molecular weight excluding hydrogens is 216 g/mol. The van der Waals surface area contributed by atoms with E-state index < -0.39 is 0 Å². The van der Waals surface area contributed by atoms with Gasteiger partial charge < -0.3 is 15.0 Å². The summed E-state index contributed by atoms with van der Waals surface area (Å²) in [6.07, 6.45) is 5.87. The standard InChI is InChI=1S/C12H20N4O/c1-3-16(10-5-4-6-13-7-10)12-14-8-11(17-2)9-15-12/h8-10,13H,3-7H2,1-2H3. The van der Waals surface area contributed by atoms with Gasteiger partial charge in [-0.05, 0) is 26.3 Å². The third-order valence-corrected chi connectivity index (χ3v) is 3.16. The number of aromatic nitrogens is 2. The largest absolute Gasteiger partial charge is 0.494 e. The first kappa shape index (κ1) is 12.1. The summed E-state index contributed by atoms with van der Waals surface area (Å²) in [5.41, 5.74) is 0. The molecule has 2 rings (SSSR count). The maximum absolute atomic E-state index is 5.07. The number of nitrogens with one attached hydrogen (secondary N) is 1. The molecule has 1 N–H and O–H groups in total. The number of hydrogen-bond acceptors (Lipinski definition) is 5. The molecule has 0 amide bonds. The van der Waals surface area contributed by atoms with E-state index in [1.165, 1.54) is 12.8 Å².